The Morgan fingerprint density at radius 1 is 1.35 bits per heavy atom. The summed E-state index contributed by atoms with van der Waals surface area (Å²) in [6.07, 6.45) is 3.91. The summed E-state index contributed by atoms with van der Waals surface area (Å²) in [4.78, 5) is 13.3. The van der Waals surface area contributed by atoms with Gasteiger partial charge in [0.25, 0.3) is 0 Å². The number of hydrogen-bond acceptors (Lipinski definition) is 3. The average molecular weight is 241 g/mol. The van der Waals surface area contributed by atoms with Gasteiger partial charge in [-0.05, 0) is 56.8 Å². The molecular weight excluding hydrogens is 214 g/mol. The van der Waals surface area contributed by atoms with E-state index in [2.05, 4.69) is 18.7 Å². The van der Waals surface area contributed by atoms with Crippen LogP contribution in [0.15, 0.2) is 0 Å². The Kier molecular flexibility index (Phi) is 5.40. The van der Waals surface area contributed by atoms with Gasteiger partial charge in [-0.2, -0.15) is 0 Å². The quantitative estimate of drug-likeness (QED) is 0.727. The molecule has 0 atom stereocenters. The predicted octanol–water partition coefficient (Wildman–Crippen LogP) is 0.949. The van der Waals surface area contributed by atoms with Crippen LogP contribution >= 0.6 is 0 Å². The normalized spacial score (nSPS) is 19.5. The molecule has 0 bridgehead atoms. The monoisotopic (exact) mass is 241 g/mol. The van der Waals surface area contributed by atoms with Crippen LogP contribution in [0.2, 0.25) is 0 Å². The van der Waals surface area contributed by atoms with Crippen molar-refractivity contribution in [2.45, 2.75) is 39.5 Å². The molecule has 1 aliphatic rings. The van der Waals surface area contributed by atoms with Crippen LogP contribution < -0.4 is 11.5 Å². The van der Waals surface area contributed by atoms with Gasteiger partial charge < -0.3 is 16.4 Å². The van der Waals surface area contributed by atoms with Crippen molar-refractivity contribution >= 4 is 5.91 Å². The van der Waals surface area contributed by atoms with Crippen molar-refractivity contribution in [2.75, 3.05) is 26.2 Å². The zero-order chi connectivity index (χ0) is 12.9. The minimum atomic E-state index is -0.160. The molecule has 0 spiro atoms. The Bertz CT molecular complexity index is 245. The third kappa shape index (κ3) is 5.50. The first kappa shape index (κ1) is 14.5. The number of carbonyl (C=O) groups excluding carboxylic acids is 1. The lowest BCUT2D eigenvalue weighted by atomic mass is 9.88. The Morgan fingerprint density at radius 2 is 1.94 bits per heavy atom. The van der Waals surface area contributed by atoms with E-state index in [1.807, 2.05) is 0 Å². The van der Waals surface area contributed by atoms with E-state index in [1.54, 1.807) is 0 Å². The fourth-order valence-electron chi connectivity index (χ4n) is 2.26. The molecule has 0 aromatic rings. The maximum atomic E-state index is 10.8. The summed E-state index contributed by atoms with van der Waals surface area (Å²) >= 11 is 0. The highest BCUT2D eigenvalue weighted by atomic mass is 16.1. The van der Waals surface area contributed by atoms with Crippen LogP contribution in [0, 0.1) is 11.3 Å². The van der Waals surface area contributed by atoms with Gasteiger partial charge in [0.1, 0.15) is 0 Å². The number of hydrogen-bond donors (Lipinski definition) is 2. The summed E-state index contributed by atoms with van der Waals surface area (Å²) < 4.78 is 0. The van der Waals surface area contributed by atoms with E-state index in [0.717, 1.165) is 45.4 Å². The van der Waals surface area contributed by atoms with E-state index in [0.29, 0.717) is 12.3 Å². The van der Waals surface area contributed by atoms with Gasteiger partial charge >= 0.3 is 0 Å². The molecule has 0 saturated carbocycles. The lowest BCUT2D eigenvalue weighted by molar-refractivity contribution is -0.119. The zero-order valence-corrected chi connectivity index (χ0v) is 11.2. The molecule has 0 aliphatic carbocycles. The molecule has 1 fully saturated rings. The number of amides is 1. The van der Waals surface area contributed by atoms with Crippen LogP contribution in [0.3, 0.4) is 0 Å². The number of primary amides is 1. The zero-order valence-electron chi connectivity index (χ0n) is 11.2. The minimum Gasteiger partial charge on any atom is -0.370 e. The maximum Gasteiger partial charge on any atom is 0.217 e. The molecule has 4 N–H and O–H groups in total. The average Bonchev–Trinajstić information content (AvgIpc) is 2.28. The molecule has 4 heteroatoms. The second-order valence-electron chi connectivity index (χ2n) is 6.07. The third-order valence-corrected chi connectivity index (χ3v) is 3.85. The standard InChI is InChI=1S/C13H27N3O/c1-13(2,10-14)5-8-16-6-3-11(4-7-16)9-12(15)17/h11H,3-10,14H2,1-2H3,(H2,15,17). The second-order valence-corrected chi connectivity index (χ2v) is 6.07. The van der Waals surface area contributed by atoms with E-state index >= 15 is 0 Å². The molecule has 0 radical (unpaired) electrons. The maximum absolute atomic E-state index is 10.8. The van der Waals surface area contributed by atoms with Crippen molar-refractivity contribution < 1.29 is 4.79 Å². The first-order chi connectivity index (χ1) is 7.93. The fourth-order valence-corrected chi connectivity index (χ4v) is 2.26. The molecule has 1 rings (SSSR count). The highest BCUT2D eigenvalue weighted by Crippen LogP contribution is 2.23. The minimum absolute atomic E-state index is 0.160. The van der Waals surface area contributed by atoms with Crippen molar-refractivity contribution in [1.82, 2.24) is 4.90 Å². The fraction of sp³-hybridized carbons (Fsp3) is 0.923. The van der Waals surface area contributed by atoms with Crippen molar-refractivity contribution in [2.24, 2.45) is 22.8 Å². The van der Waals surface area contributed by atoms with Gasteiger partial charge in [-0.3, -0.25) is 4.79 Å². The van der Waals surface area contributed by atoms with Crippen LogP contribution in [-0.4, -0.2) is 37.0 Å². The first-order valence-electron chi connectivity index (χ1n) is 6.64. The van der Waals surface area contributed by atoms with E-state index < -0.39 is 0 Å². The molecule has 0 aromatic heterocycles. The van der Waals surface area contributed by atoms with Gasteiger partial charge in [0, 0.05) is 6.42 Å². The van der Waals surface area contributed by atoms with E-state index in [1.165, 1.54) is 0 Å². The SMILES string of the molecule is CC(C)(CN)CCN1CCC(CC(N)=O)CC1. The number of nitrogens with zero attached hydrogens (tertiary/aromatic N) is 1. The van der Waals surface area contributed by atoms with Crippen LogP contribution in [0.5, 0.6) is 0 Å². The number of likely N-dealkylation sites (tertiary alicyclic amines) is 1. The summed E-state index contributed by atoms with van der Waals surface area (Å²) in [5, 5.41) is 0. The summed E-state index contributed by atoms with van der Waals surface area (Å²) in [6.45, 7) is 8.48. The Hall–Kier alpha value is -0.610. The number of rotatable bonds is 6. The lowest BCUT2D eigenvalue weighted by Crippen LogP contribution is -2.38. The van der Waals surface area contributed by atoms with Crippen LogP contribution in [0.25, 0.3) is 0 Å². The van der Waals surface area contributed by atoms with E-state index in [-0.39, 0.29) is 11.3 Å². The van der Waals surface area contributed by atoms with Gasteiger partial charge in [-0.1, -0.05) is 13.8 Å². The molecule has 0 unspecified atom stereocenters. The van der Waals surface area contributed by atoms with Crippen molar-refractivity contribution in [3.05, 3.63) is 0 Å². The number of carbonyl (C=O) groups is 1. The molecular formula is C13H27N3O. The van der Waals surface area contributed by atoms with Crippen LogP contribution in [0.1, 0.15) is 39.5 Å². The molecule has 1 amide bonds. The summed E-state index contributed by atoms with van der Waals surface area (Å²) in [6, 6.07) is 0. The van der Waals surface area contributed by atoms with Gasteiger partial charge in [0.05, 0.1) is 0 Å². The number of piperidine rings is 1. The Labute approximate surface area is 105 Å². The molecule has 4 nitrogen and oxygen atoms in total. The lowest BCUT2D eigenvalue weighted by Gasteiger charge is -2.33. The molecule has 1 saturated heterocycles. The largest absolute Gasteiger partial charge is 0.370 e. The summed E-state index contributed by atoms with van der Waals surface area (Å²) in [5.74, 6) is 0.346. The molecule has 1 heterocycles. The highest BCUT2D eigenvalue weighted by molar-refractivity contribution is 5.73. The van der Waals surface area contributed by atoms with E-state index in [9.17, 15) is 4.79 Å². The summed E-state index contributed by atoms with van der Waals surface area (Å²) in [5.41, 5.74) is 11.2. The predicted molar refractivity (Wildman–Crippen MR) is 70.4 cm³/mol. The van der Waals surface area contributed by atoms with E-state index in [4.69, 9.17) is 11.5 Å². The van der Waals surface area contributed by atoms with Gasteiger partial charge in [-0.25, -0.2) is 0 Å². The third-order valence-electron chi connectivity index (χ3n) is 3.85. The molecule has 17 heavy (non-hydrogen) atoms. The second kappa shape index (κ2) is 6.36. The van der Waals surface area contributed by atoms with Crippen molar-refractivity contribution in [3.63, 3.8) is 0 Å². The molecule has 100 valence electrons. The van der Waals surface area contributed by atoms with Crippen molar-refractivity contribution in [1.29, 1.82) is 0 Å². The summed E-state index contributed by atoms with van der Waals surface area (Å²) in [7, 11) is 0. The smallest absolute Gasteiger partial charge is 0.217 e. The van der Waals surface area contributed by atoms with Gasteiger partial charge in [-0.15, -0.1) is 0 Å². The van der Waals surface area contributed by atoms with Gasteiger partial charge in [0.2, 0.25) is 5.91 Å². The Morgan fingerprint density at radius 3 is 2.41 bits per heavy atom. The van der Waals surface area contributed by atoms with Crippen molar-refractivity contribution in [3.8, 4) is 0 Å². The topological polar surface area (TPSA) is 72.3 Å². The van der Waals surface area contributed by atoms with Gasteiger partial charge in [0.15, 0.2) is 0 Å². The number of nitrogens with two attached hydrogens (primary N) is 2. The Balaban J connectivity index is 2.21. The molecule has 0 aromatic carbocycles. The van der Waals surface area contributed by atoms with Crippen LogP contribution in [-0.2, 0) is 4.79 Å². The first-order valence-corrected chi connectivity index (χ1v) is 6.64. The van der Waals surface area contributed by atoms with Crippen LogP contribution in [0.4, 0.5) is 0 Å². The highest BCUT2D eigenvalue weighted by Gasteiger charge is 2.22. The molecule has 1 aliphatic heterocycles.